The van der Waals surface area contributed by atoms with E-state index in [2.05, 4.69) is 158 Å². The number of benzene rings is 11. The summed E-state index contributed by atoms with van der Waals surface area (Å²) in [7, 11) is 0. The van der Waals surface area contributed by atoms with Gasteiger partial charge in [-0.15, -0.1) is 0 Å². The molecule has 366 valence electrons. The SMILES string of the molecule is N#Cc1ccc(-n2c3ccccc3c3c2ccc2c4ccccc4n(-c4ccccc4)c23)c(-c2ccc(-c3ccc(C#N)cc3C(F)(F)F)cc2-n2c3ccccc3c3c2ccc2c4ccccc4n(-c4ccccc4)c23)c1. The van der Waals surface area contributed by atoms with E-state index in [0.717, 1.165) is 110 Å². The summed E-state index contributed by atoms with van der Waals surface area (Å²) < 4.78 is 54.9. The van der Waals surface area contributed by atoms with E-state index in [0.29, 0.717) is 27.9 Å². The smallest absolute Gasteiger partial charge is 0.309 e. The number of para-hydroxylation sites is 6. The van der Waals surface area contributed by atoms with Crippen LogP contribution in [-0.4, -0.2) is 18.3 Å². The van der Waals surface area contributed by atoms with Crippen LogP contribution in [0.4, 0.5) is 13.2 Å². The van der Waals surface area contributed by atoms with E-state index in [9.17, 15) is 10.5 Å². The van der Waals surface area contributed by atoms with Gasteiger partial charge in [-0.25, -0.2) is 0 Å². The van der Waals surface area contributed by atoms with Gasteiger partial charge in [0.1, 0.15) is 0 Å². The third-order valence-electron chi connectivity index (χ3n) is 15.6. The van der Waals surface area contributed by atoms with Crippen LogP contribution >= 0.6 is 0 Å². The summed E-state index contributed by atoms with van der Waals surface area (Å²) >= 11 is 0. The highest BCUT2D eigenvalue weighted by atomic mass is 19.4. The molecule has 9 heteroatoms. The maximum atomic E-state index is 15.3. The zero-order chi connectivity index (χ0) is 52.4. The fourth-order valence-electron chi connectivity index (χ4n) is 12.5. The lowest BCUT2D eigenvalue weighted by atomic mass is 9.92. The Balaban J connectivity index is 1.08. The molecule has 0 unspecified atom stereocenters. The Kier molecular flexibility index (Phi) is 9.75. The first-order chi connectivity index (χ1) is 38.3. The van der Waals surface area contributed by atoms with Crippen LogP contribution in [-0.2, 0) is 6.18 Å². The van der Waals surface area contributed by atoms with Gasteiger partial charge in [-0.05, 0) is 108 Å². The summed E-state index contributed by atoms with van der Waals surface area (Å²) in [4.78, 5) is 0. The van der Waals surface area contributed by atoms with Crippen molar-refractivity contribution < 1.29 is 13.2 Å². The van der Waals surface area contributed by atoms with Crippen molar-refractivity contribution in [1.82, 2.24) is 18.3 Å². The highest BCUT2D eigenvalue weighted by Gasteiger charge is 2.35. The molecule has 4 heterocycles. The lowest BCUT2D eigenvalue weighted by Gasteiger charge is -2.21. The summed E-state index contributed by atoms with van der Waals surface area (Å²) in [5, 5.41) is 29.0. The number of aromatic nitrogens is 4. The first-order valence-electron chi connectivity index (χ1n) is 25.6. The summed E-state index contributed by atoms with van der Waals surface area (Å²) in [6.07, 6.45) is -4.77. The van der Waals surface area contributed by atoms with Crippen molar-refractivity contribution in [3.05, 3.63) is 253 Å². The predicted molar refractivity (Wildman–Crippen MR) is 309 cm³/mol. The van der Waals surface area contributed by atoms with Crippen molar-refractivity contribution in [2.45, 2.75) is 6.18 Å². The minimum atomic E-state index is -4.77. The number of fused-ring (bicyclic) bond motifs is 14. The number of rotatable bonds is 6. The van der Waals surface area contributed by atoms with Crippen molar-refractivity contribution in [1.29, 1.82) is 10.5 Å². The van der Waals surface area contributed by atoms with Crippen LogP contribution in [0, 0.1) is 22.7 Å². The molecule has 0 fully saturated rings. The molecule has 11 aromatic carbocycles. The maximum Gasteiger partial charge on any atom is 0.417 e. The van der Waals surface area contributed by atoms with Crippen molar-refractivity contribution in [3.63, 3.8) is 0 Å². The average molecular weight is 1010 g/mol. The van der Waals surface area contributed by atoms with E-state index >= 15 is 13.2 Å². The van der Waals surface area contributed by atoms with Gasteiger partial charge in [0.25, 0.3) is 0 Å². The minimum absolute atomic E-state index is 0.0621. The zero-order valence-corrected chi connectivity index (χ0v) is 41.3. The Morgan fingerprint density at radius 3 is 1.27 bits per heavy atom. The van der Waals surface area contributed by atoms with Gasteiger partial charge < -0.3 is 18.3 Å². The van der Waals surface area contributed by atoms with Crippen LogP contribution in [0.1, 0.15) is 16.7 Å². The second kappa shape index (κ2) is 17.0. The lowest BCUT2D eigenvalue weighted by molar-refractivity contribution is -0.137. The Bertz CT molecular complexity index is 5100. The first-order valence-corrected chi connectivity index (χ1v) is 25.6. The van der Waals surface area contributed by atoms with Gasteiger partial charge in [-0.2, -0.15) is 23.7 Å². The molecule has 0 saturated carbocycles. The van der Waals surface area contributed by atoms with E-state index in [1.807, 2.05) is 84.9 Å². The molecule has 6 nitrogen and oxygen atoms in total. The van der Waals surface area contributed by atoms with Gasteiger partial charge in [-0.1, -0.05) is 140 Å². The van der Waals surface area contributed by atoms with E-state index in [1.165, 1.54) is 12.1 Å². The normalized spacial score (nSPS) is 12.0. The second-order valence-electron chi connectivity index (χ2n) is 19.7. The van der Waals surface area contributed by atoms with E-state index in [-0.39, 0.29) is 11.1 Å². The molecule has 0 atom stereocenters. The highest BCUT2D eigenvalue weighted by Crippen LogP contribution is 2.48. The molecule has 4 aromatic heterocycles. The fourth-order valence-corrected chi connectivity index (χ4v) is 12.5. The van der Waals surface area contributed by atoms with Gasteiger partial charge in [0.15, 0.2) is 0 Å². The number of nitriles is 2. The van der Waals surface area contributed by atoms with Crippen LogP contribution in [0.3, 0.4) is 0 Å². The number of hydrogen-bond donors (Lipinski definition) is 0. The Labute approximate surface area is 443 Å². The summed E-state index contributed by atoms with van der Waals surface area (Å²) in [5.41, 5.74) is 12.2. The number of nitrogens with zero attached hydrogens (tertiary/aromatic N) is 6. The van der Waals surface area contributed by atoms with Gasteiger partial charge >= 0.3 is 6.18 Å². The quantitative estimate of drug-likeness (QED) is 0.167. The van der Waals surface area contributed by atoms with Gasteiger partial charge in [0.2, 0.25) is 0 Å². The van der Waals surface area contributed by atoms with Crippen molar-refractivity contribution in [3.8, 4) is 57.1 Å². The molecule has 0 saturated heterocycles. The molecule has 78 heavy (non-hydrogen) atoms. The number of halogens is 3. The highest BCUT2D eigenvalue weighted by molar-refractivity contribution is 6.28. The molecule has 15 rings (SSSR count). The predicted octanol–water partition coefficient (Wildman–Crippen LogP) is 18.2. The van der Waals surface area contributed by atoms with Gasteiger partial charge in [0.05, 0.1) is 84.3 Å². The van der Waals surface area contributed by atoms with Crippen molar-refractivity contribution in [2.75, 3.05) is 0 Å². The number of hydrogen-bond acceptors (Lipinski definition) is 2. The molecule has 0 aliphatic rings. The standard InChI is InChI=1S/C69H39F3N6/c70-69(71,72)56-38-43(41-74)27-30-47(56)44-29-31-50(64(39-44)78-60-26-14-10-22-54(60)66-63(78)36-33-52-49-20-8-12-24-58(49)76(68(52)66)46-17-5-2-6-18-46)55-37-42(40-73)28-34-61(55)77-59-25-13-9-21-53(59)65-62(77)35-32-51-48-19-7-11-23-57(48)75(67(51)65)45-15-3-1-4-16-45/h1-39H. The molecule has 0 radical (unpaired) electrons. The van der Waals surface area contributed by atoms with Crippen LogP contribution in [0.2, 0.25) is 0 Å². The minimum Gasteiger partial charge on any atom is -0.309 e. The summed E-state index contributed by atoms with van der Waals surface area (Å²) in [6, 6.07) is 82.0. The molecule has 0 spiro atoms. The lowest BCUT2D eigenvalue weighted by Crippen LogP contribution is -2.08. The molecular weight excluding hydrogens is 970 g/mol. The van der Waals surface area contributed by atoms with Crippen LogP contribution in [0.5, 0.6) is 0 Å². The van der Waals surface area contributed by atoms with Gasteiger partial charge in [-0.3, -0.25) is 0 Å². The largest absolute Gasteiger partial charge is 0.417 e. The third kappa shape index (κ3) is 6.49. The molecule has 15 aromatic rings. The van der Waals surface area contributed by atoms with Crippen molar-refractivity contribution >= 4 is 87.2 Å². The first kappa shape index (κ1) is 44.8. The van der Waals surface area contributed by atoms with Crippen LogP contribution in [0.25, 0.3) is 132 Å². The summed E-state index contributed by atoms with van der Waals surface area (Å²) in [5.74, 6) is 0. The fraction of sp³-hybridized carbons (Fsp3) is 0.0145. The molecule has 0 N–H and O–H groups in total. The van der Waals surface area contributed by atoms with E-state index in [1.54, 1.807) is 6.07 Å². The zero-order valence-electron chi connectivity index (χ0n) is 41.3. The Morgan fingerprint density at radius 1 is 0.321 bits per heavy atom. The molecule has 0 aliphatic heterocycles. The molecule has 0 amide bonds. The van der Waals surface area contributed by atoms with Crippen LogP contribution in [0.15, 0.2) is 237 Å². The topological polar surface area (TPSA) is 67.3 Å². The Hall–Kier alpha value is -10.6. The average Bonchev–Trinajstić information content (AvgIpc) is 4.29. The number of alkyl halides is 3. The molecular formula is C69H39F3N6. The summed E-state index contributed by atoms with van der Waals surface area (Å²) in [6.45, 7) is 0. The second-order valence-corrected chi connectivity index (χ2v) is 19.7. The maximum absolute atomic E-state index is 15.3. The van der Waals surface area contributed by atoms with Crippen LogP contribution < -0.4 is 0 Å². The molecule has 0 bridgehead atoms. The van der Waals surface area contributed by atoms with Crippen molar-refractivity contribution in [2.24, 2.45) is 0 Å². The Morgan fingerprint density at radius 2 is 0.756 bits per heavy atom. The van der Waals surface area contributed by atoms with Gasteiger partial charge in [0, 0.05) is 65.6 Å². The van der Waals surface area contributed by atoms with E-state index < -0.39 is 11.7 Å². The molecule has 0 aliphatic carbocycles. The third-order valence-corrected chi connectivity index (χ3v) is 15.6. The van der Waals surface area contributed by atoms with E-state index in [4.69, 9.17) is 0 Å². The monoisotopic (exact) mass is 1010 g/mol.